The van der Waals surface area contributed by atoms with Gasteiger partial charge in [-0.05, 0) is 48.5 Å². The molecule has 8 N–H and O–H groups in total. The zero-order chi connectivity index (χ0) is 17.4. The largest absolute Gasteiger partial charge is 0.409 e. The highest BCUT2D eigenvalue weighted by Crippen LogP contribution is 2.10. The number of nitrogens with two attached hydrogens (primary N) is 2. The Morgan fingerprint density at radius 3 is 1.33 bits per heavy atom. The summed E-state index contributed by atoms with van der Waals surface area (Å²) in [6, 6.07) is 14.5. The van der Waals surface area contributed by atoms with E-state index in [1.807, 2.05) is 24.3 Å². The van der Waals surface area contributed by atoms with Crippen molar-refractivity contribution in [3.05, 3.63) is 59.7 Å². The first-order chi connectivity index (χ1) is 11.6. The molecule has 0 spiro atoms. The second-order valence-corrected chi connectivity index (χ2v) is 4.98. The molecule has 0 aliphatic heterocycles. The minimum atomic E-state index is 0.0820. The molecule has 2 aromatic carbocycles. The third kappa shape index (κ3) is 4.54. The SMILES string of the molecule is NC(=NO)c1ccc(NCCNc2ccc(C(N)=NO)cc2)cc1. The summed E-state index contributed by atoms with van der Waals surface area (Å²) in [5.74, 6) is 0.164. The van der Waals surface area contributed by atoms with Gasteiger partial charge in [0.2, 0.25) is 0 Å². The maximum atomic E-state index is 8.61. The zero-order valence-corrected chi connectivity index (χ0v) is 13.0. The molecule has 0 aliphatic rings. The molecule has 0 saturated carbocycles. The third-order valence-corrected chi connectivity index (χ3v) is 3.36. The Kier molecular flexibility index (Phi) is 5.84. The van der Waals surface area contributed by atoms with Gasteiger partial charge in [-0.2, -0.15) is 0 Å². The average molecular weight is 328 g/mol. The van der Waals surface area contributed by atoms with Gasteiger partial charge in [-0.1, -0.05) is 10.3 Å². The molecule has 0 fully saturated rings. The van der Waals surface area contributed by atoms with Crippen LogP contribution in [0.1, 0.15) is 11.1 Å². The predicted molar refractivity (Wildman–Crippen MR) is 94.9 cm³/mol. The molecule has 0 bridgehead atoms. The maximum absolute atomic E-state index is 8.61. The second-order valence-electron chi connectivity index (χ2n) is 4.98. The van der Waals surface area contributed by atoms with Gasteiger partial charge < -0.3 is 32.5 Å². The summed E-state index contributed by atoms with van der Waals surface area (Å²) in [6.45, 7) is 1.43. The van der Waals surface area contributed by atoms with Gasteiger partial charge in [0.15, 0.2) is 11.7 Å². The first-order valence-electron chi connectivity index (χ1n) is 7.27. The summed E-state index contributed by atoms with van der Waals surface area (Å²) in [7, 11) is 0. The van der Waals surface area contributed by atoms with Crippen LogP contribution >= 0.6 is 0 Å². The molecule has 2 rings (SSSR count). The molecule has 8 heteroatoms. The standard InChI is InChI=1S/C16H20N6O2/c17-15(21-23)11-1-5-13(6-2-11)19-9-10-20-14-7-3-12(4-8-14)16(18)22-24/h1-8,19-20,23-24H,9-10H2,(H2,17,21)(H2,18,22). The highest BCUT2D eigenvalue weighted by molar-refractivity contribution is 5.97. The molecule has 0 saturated heterocycles. The van der Waals surface area contributed by atoms with E-state index in [-0.39, 0.29) is 11.7 Å². The molecular weight excluding hydrogens is 308 g/mol. The smallest absolute Gasteiger partial charge is 0.170 e. The van der Waals surface area contributed by atoms with Crippen LogP contribution in [0.4, 0.5) is 11.4 Å². The van der Waals surface area contributed by atoms with Gasteiger partial charge in [0.25, 0.3) is 0 Å². The van der Waals surface area contributed by atoms with Crippen LogP contribution in [0.2, 0.25) is 0 Å². The minimum absolute atomic E-state index is 0.0820. The van der Waals surface area contributed by atoms with Crippen LogP contribution in [0.3, 0.4) is 0 Å². The lowest BCUT2D eigenvalue weighted by molar-refractivity contribution is 0.318. The molecule has 0 amide bonds. The fourth-order valence-electron chi connectivity index (χ4n) is 2.05. The van der Waals surface area contributed by atoms with Crippen LogP contribution in [0.15, 0.2) is 58.8 Å². The van der Waals surface area contributed by atoms with Gasteiger partial charge in [0, 0.05) is 35.6 Å². The Morgan fingerprint density at radius 1 is 0.708 bits per heavy atom. The van der Waals surface area contributed by atoms with Crippen molar-refractivity contribution in [2.75, 3.05) is 23.7 Å². The Balaban J connectivity index is 1.78. The normalized spacial score (nSPS) is 12.0. The molecule has 24 heavy (non-hydrogen) atoms. The number of benzene rings is 2. The van der Waals surface area contributed by atoms with Gasteiger partial charge in [-0.3, -0.25) is 0 Å². The van der Waals surface area contributed by atoms with Crippen LogP contribution in [0.5, 0.6) is 0 Å². The molecule has 126 valence electrons. The number of nitrogens with one attached hydrogen (secondary N) is 2. The topological polar surface area (TPSA) is 141 Å². The van der Waals surface area contributed by atoms with Gasteiger partial charge >= 0.3 is 0 Å². The van der Waals surface area contributed by atoms with E-state index in [1.54, 1.807) is 24.3 Å². The van der Waals surface area contributed by atoms with E-state index >= 15 is 0 Å². The fraction of sp³-hybridized carbons (Fsp3) is 0.125. The highest BCUT2D eigenvalue weighted by Gasteiger charge is 2.00. The summed E-state index contributed by atoms with van der Waals surface area (Å²) >= 11 is 0. The number of anilines is 2. The number of rotatable bonds is 7. The van der Waals surface area contributed by atoms with Crippen molar-refractivity contribution in [3.8, 4) is 0 Å². The molecule has 0 unspecified atom stereocenters. The third-order valence-electron chi connectivity index (χ3n) is 3.36. The van der Waals surface area contributed by atoms with E-state index in [0.29, 0.717) is 24.2 Å². The Bertz CT molecular complexity index is 647. The lowest BCUT2D eigenvalue weighted by Crippen LogP contribution is -2.15. The first kappa shape index (κ1) is 16.9. The lowest BCUT2D eigenvalue weighted by atomic mass is 10.2. The van der Waals surface area contributed by atoms with E-state index in [9.17, 15) is 0 Å². The van der Waals surface area contributed by atoms with Gasteiger partial charge in [0.1, 0.15) is 0 Å². The van der Waals surface area contributed by atoms with Crippen molar-refractivity contribution in [1.82, 2.24) is 0 Å². The number of hydrogen-bond acceptors (Lipinski definition) is 6. The number of amidine groups is 2. The van der Waals surface area contributed by atoms with E-state index in [4.69, 9.17) is 21.9 Å². The number of hydrogen-bond donors (Lipinski definition) is 6. The quantitative estimate of drug-likeness (QED) is 0.149. The maximum Gasteiger partial charge on any atom is 0.170 e. The molecule has 0 atom stereocenters. The Morgan fingerprint density at radius 2 is 1.04 bits per heavy atom. The van der Waals surface area contributed by atoms with Crippen molar-refractivity contribution in [1.29, 1.82) is 0 Å². The second kappa shape index (κ2) is 8.28. The summed E-state index contributed by atoms with van der Waals surface area (Å²) in [5, 5.41) is 29.7. The van der Waals surface area contributed by atoms with Gasteiger partial charge in [0.05, 0.1) is 0 Å². The van der Waals surface area contributed by atoms with Crippen LogP contribution in [-0.4, -0.2) is 35.2 Å². The highest BCUT2D eigenvalue weighted by atomic mass is 16.4. The molecule has 0 heterocycles. The van der Waals surface area contributed by atoms with Crippen LogP contribution in [0.25, 0.3) is 0 Å². The molecule has 2 aromatic rings. The number of nitrogens with zero attached hydrogens (tertiary/aromatic N) is 2. The van der Waals surface area contributed by atoms with Crippen LogP contribution in [0, 0.1) is 0 Å². The summed E-state index contributed by atoms with van der Waals surface area (Å²) < 4.78 is 0. The first-order valence-corrected chi connectivity index (χ1v) is 7.27. The Hall–Kier alpha value is -3.42. The fourth-order valence-corrected chi connectivity index (χ4v) is 2.05. The van der Waals surface area contributed by atoms with E-state index < -0.39 is 0 Å². The van der Waals surface area contributed by atoms with Crippen molar-refractivity contribution < 1.29 is 10.4 Å². The monoisotopic (exact) mass is 328 g/mol. The van der Waals surface area contributed by atoms with E-state index in [0.717, 1.165) is 11.4 Å². The van der Waals surface area contributed by atoms with Crippen molar-refractivity contribution in [2.45, 2.75) is 0 Å². The average Bonchev–Trinajstić information content (AvgIpc) is 2.65. The van der Waals surface area contributed by atoms with E-state index in [2.05, 4.69) is 20.9 Å². The van der Waals surface area contributed by atoms with Gasteiger partial charge in [-0.25, -0.2) is 0 Å². The van der Waals surface area contributed by atoms with Crippen molar-refractivity contribution in [3.63, 3.8) is 0 Å². The van der Waals surface area contributed by atoms with E-state index in [1.165, 1.54) is 0 Å². The van der Waals surface area contributed by atoms with Crippen molar-refractivity contribution >= 4 is 23.0 Å². The summed E-state index contributed by atoms with van der Waals surface area (Å²) in [4.78, 5) is 0. The van der Waals surface area contributed by atoms with Crippen LogP contribution in [-0.2, 0) is 0 Å². The molecule has 0 aliphatic carbocycles. The number of oxime groups is 2. The summed E-state index contributed by atoms with van der Waals surface area (Å²) in [5.41, 5.74) is 14.2. The van der Waals surface area contributed by atoms with Gasteiger partial charge in [-0.15, -0.1) is 0 Å². The lowest BCUT2D eigenvalue weighted by Gasteiger charge is -2.10. The minimum Gasteiger partial charge on any atom is -0.409 e. The van der Waals surface area contributed by atoms with Crippen LogP contribution < -0.4 is 22.1 Å². The molecule has 0 radical (unpaired) electrons. The molecule has 8 nitrogen and oxygen atoms in total. The van der Waals surface area contributed by atoms with Crippen molar-refractivity contribution in [2.24, 2.45) is 21.8 Å². The zero-order valence-electron chi connectivity index (χ0n) is 13.0. The molecule has 0 aromatic heterocycles. The Labute approximate surface area is 139 Å². The molecular formula is C16H20N6O2. The summed E-state index contributed by atoms with van der Waals surface area (Å²) in [6.07, 6.45) is 0. The predicted octanol–water partition coefficient (Wildman–Crippen LogP) is 1.40.